The first kappa shape index (κ1) is 11.6. The molecule has 1 N–H and O–H groups in total. The molecule has 1 aromatic rings. The molecule has 16 heavy (non-hydrogen) atoms. The quantitative estimate of drug-likeness (QED) is 0.796. The van der Waals surface area contributed by atoms with Crippen molar-refractivity contribution in [2.24, 2.45) is 7.05 Å². The monoisotopic (exact) mass is 243 g/mol. The van der Waals surface area contributed by atoms with Gasteiger partial charge in [0.15, 0.2) is 0 Å². The standard InChI is InChI=1S/C10H17N3O2S/c1-9-7-11-4-6-13(9)16(14,15)10-3-5-12(2)8-10/h3,5,8-9,11H,4,6-7H2,1-2H3/t9-/m0/s1. The Kier molecular flexibility index (Phi) is 3.05. The van der Waals surface area contributed by atoms with Crippen molar-refractivity contribution in [1.82, 2.24) is 14.2 Å². The number of piperazine rings is 1. The molecule has 2 heterocycles. The average Bonchev–Trinajstić information content (AvgIpc) is 2.66. The number of hydrogen-bond donors (Lipinski definition) is 1. The topological polar surface area (TPSA) is 54.3 Å². The molecule has 2 rings (SSSR count). The van der Waals surface area contributed by atoms with Gasteiger partial charge in [0.05, 0.1) is 4.90 Å². The first-order valence-electron chi connectivity index (χ1n) is 5.36. The highest BCUT2D eigenvalue weighted by atomic mass is 32.2. The summed E-state index contributed by atoms with van der Waals surface area (Å²) in [7, 11) is -1.50. The fourth-order valence-electron chi connectivity index (χ4n) is 1.95. The van der Waals surface area contributed by atoms with E-state index in [1.165, 1.54) is 0 Å². The Bertz CT molecular complexity index is 466. The molecular formula is C10H17N3O2S. The van der Waals surface area contributed by atoms with Crippen LogP contribution in [0.25, 0.3) is 0 Å². The zero-order valence-corrected chi connectivity index (χ0v) is 10.4. The lowest BCUT2D eigenvalue weighted by Crippen LogP contribution is -2.52. The van der Waals surface area contributed by atoms with Crippen LogP contribution < -0.4 is 5.32 Å². The molecule has 1 fully saturated rings. The smallest absolute Gasteiger partial charge is 0.244 e. The molecule has 0 amide bonds. The maximum atomic E-state index is 12.3. The predicted octanol–water partition coefficient (Wildman–Crippen LogP) is 0.00750. The summed E-state index contributed by atoms with van der Waals surface area (Å²) in [4.78, 5) is 0.378. The summed E-state index contributed by atoms with van der Waals surface area (Å²) in [5, 5.41) is 3.18. The van der Waals surface area contributed by atoms with Gasteiger partial charge >= 0.3 is 0 Å². The number of sulfonamides is 1. The van der Waals surface area contributed by atoms with Gasteiger partial charge in [-0.15, -0.1) is 0 Å². The normalized spacial score (nSPS) is 23.5. The van der Waals surface area contributed by atoms with Crippen LogP contribution in [-0.4, -0.2) is 43.0 Å². The lowest BCUT2D eigenvalue weighted by atomic mass is 10.3. The van der Waals surface area contributed by atoms with Crippen molar-refractivity contribution >= 4 is 10.0 Å². The van der Waals surface area contributed by atoms with Gasteiger partial charge in [0.2, 0.25) is 10.0 Å². The summed E-state index contributed by atoms with van der Waals surface area (Å²) in [6.45, 7) is 3.90. The second-order valence-electron chi connectivity index (χ2n) is 4.18. The molecule has 1 atom stereocenters. The van der Waals surface area contributed by atoms with E-state index in [4.69, 9.17) is 0 Å². The van der Waals surface area contributed by atoms with Gasteiger partial charge in [0.1, 0.15) is 0 Å². The van der Waals surface area contributed by atoms with Crippen LogP contribution in [0.1, 0.15) is 6.92 Å². The Balaban J connectivity index is 2.31. The summed E-state index contributed by atoms with van der Waals surface area (Å²) in [6, 6.07) is 1.66. The van der Waals surface area contributed by atoms with Crippen LogP contribution in [0.2, 0.25) is 0 Å². The molecule has 6 heteroatoms. The van der Waals surface area contributed by atoms with Crippen LogP contribution in [0.5, 0.6) is 0 Å². The fourth-order valence-corrected chi connectivity index (χ4v) is 3.63. The molecule has 0 aromatic carbocycles. The molecule has 0 spiro atoms. The molecule has 1 aliphatic heterocycles. The zero-order valence-electron chi connectivity index (χ0n) is 9.55. The van der Waals surface area contributed by atoms with E-state index >= 15 is 0 Å². The van der Waals surface area contributed by atoms with Crippen molar-refractivity contribution in [2.45, 2.75) is 17.9 Å². The van der Waals surface area contributed by atoms with Gasteiger partial charge in [0.25, 0.3) is 0 Å². The van der Waals surface area contributed by atoms with Crippen molar-refractivity contribution in [3.05, 3.63) is 18.5 Å². The summed E-state index contributed by atoms with van der Waals surface area (Å²) in [5.41, 5.74) is 0. The van der Waals surface area contributed by atoms with Gasteiger partial charge < -0.3 is 9.88 Å². The van der Waals surface area contributed by atoms with Gasteiger partial charge in [-0.25, -0.2) is 8.42 Å². The Morgan fingerprint density at radius 1 is 1.50 bits per heavy atom. The van der Waals surface area contributed by atoms with Gasteiger partial charge in [-0.05, 0) is 13.0 Å². The number of rotatable bonds is 2. The van der Waals surface area contributed by atoms with Crippen molar-refractivity contribution in [2.75, 3.05) is 19.6 Å². The van der Waals surface area contributed by atoms with Gasteiger partial charge in [-0.2, -0.15) is 4.31 Å². The molecule has 0 bridgehead atoms. The average molecular weight is 243 g/mol. The zero-order chi connectivity index (χ0) is 11.8. The maximum Gasteiger partial charge on any atom is 0.244 e. The molecule has 5 nitrogen and oxygen atoms in total. The van der Waals surface area contributed by atoms with E-state index in [9.17, 15) is 8.42 Å². The third-order valence-corrected chi connectivity index (χ3v) is 4.85. The largest absolute Gasteiger partial charge is 0.356 e. The fraction of sp³-hybridized carbons (Fsp3) is 0.600. The molecule has 90 valence electrons. The second-order valence-corrected chi connectivity index (χ2v) is 6.07. The number of nitrogens with zero attached hydrogens (tertiary/aromatic N) is 2. The van der Waals surface area contributed by atoms with Gasteiger partial charge in [-0.1, -0.05) is 0 Å². The van der Waals surface area contributed by atoms with E-state index in [1.54, 1.807) is 27.3 Å². The molecule has 0 radical (unpaired) electrons. The van der Waals surface area contributed by atoms with Gasteiger partial charge in [-0.3, -0.25) is 0 Å². The third kappa shape index (κ3) is 2.00. The number of hydrogen-bond acceptors (Lipinski definition) is 3. The Hall–Kier alpha value is -0.850. The highest BCUT2D eigenvalue weighted by Crippen LogP contribution is 2.19. The van der Waals surface area contributed by atoms with Crippen LogP contribution in [-0.2, 0) is 17.1 Å². The number of aryl methyl sites for hydroxylation is 1. The van der Waals surface area contributed by atoms with Crippen LogP contribution >= 0.6 is 0 Å². The van der Waals surface area contributed by atoms with E-state index in [2.05, 4.69) is 5.32 Å². The molecule has 0 unspecified atom stereocenters. The second kappa shape index (κ2) is 4.20. The van der Waals surface area contributed by atoms with Crippen molar-refractivity contribution < 1.29 is 8.42 Å². The van der Waals surface area contributed by atoms with E-state index in [-0.39, 0.29) is 6.04 Å². The third-order valence-electron chi connectivity index (χ3n) is 2.85. The summed E-state index contributed by atoms with van der Waals surface area (Å²) in [5.74, 6) is 0. The first-order valence-corrected chi connectivity index (χ1v) is 6.80. The molecule has 1 aromatic heterocycles. The Labute approximate surface area is 96.1 Å². The van der Waals surface area contributed by atoms with E-state index in [0.717, 1.165) is 6.54 Å². The molecule has 1 aliphatic rings. The number of nitrogens with one attached hydrogen (secondary N) is 1. The SMILES string of the molecule is C[C@H]1CNCCN1S(=O)(=O)c1ccn(C)c1. The van der Waals surface area contributed by atoms with Crippen molar-refractivity contribution in [3.8, 4) is 0 Å². The highest BCUT2D eigenvalue weighted by Gasteiger charge is 2.31. The molecule has 0 aliphatic carbocycles. The van der Waals surface area contributed by atoms with Crippen LogP contribution in [0, 0.1) is 0 Å². The minimum absolute atomic E-state index is 0.0129. The van der Waals surface area contributed by atoms with E-state index in [0.29, 0.717) is 18.0 Å². The van der Waals surface area contributed by atoms with E-state index < -0.39 is 10.0 Å². The lowest BCUT2D eigenvalue weighted by molar-refractivity contribution is 0.284. The minimum atomic E-state index is -3.32. The van der Waals surface area contributed by atoms with Crippen LogP contribution in [0.4, 0.5) is 0 Å². The van der Waals surface area contributed by atoms with Gasteiger partial charge in [0, 0.05) is 45.1 Å². The van der Waals surface area contributed by atoms with E-state index in [1.807, 2.05) is 14.0 Å². The predicted molar refractivity (Wildman–Crippen MR) is 61.6 cm³/mol. The lowest BCUT2D eigenvalue weighted by Gasteiger charge is -2.32. The first-order chi connectivity index (χ1) is 7.51. The molecular weight excluding hydrogens is 226 g/mol. The van der Waals surface area contributed by atoms with Crippen LogP contribution in [0.3, 0.4) is 0 Å². The van der Waals surface area contributed by atoms with Crippen LogP contribution in [0.15, 0.2) is 23.4 Å². The Morgan fingerprint density at radius 3 is 2.81 bits per heavy atom. The number of aromatic nitrogens is 1. The summed E-state index contributed by atoms with van der Waals surface area (Å²) in [6.07, 6.45) is 3.39. The maximum absolute atomic E-state index is 12.3. The summed E-state index contributed by atoms with van der Waals surface area (Å²) >= 11 is 0. The minimum Gasteiger partial charge on any atom is -0.356 e. The van der Waals surface area contributed by atoms with Crippen molar-refractivity contribution in [1.29, 1.82) is 0 Å². The molecule has 0 saturated carbocycles. The summed E-state index contributed by atoms with van der Waals surface area (Å²) < 4.78 is 27.9. The van der Waals surface area contributed by atoms with Crippen molar-refractivity contribution in [3.63, 3.8) is 0 Å². The Morgan fingerprint density at radius 2 is 2.25 bits per heavy atom. The molecule has 1 saturated heterocycles. The highest BCUT2D eigenvalue weighted by molar-refractivity contribution is 7.89.